The van der Waals surface area contributed by atoms with Crippen LogP contribution in [0.25, 0.3) is 0 Å². The molecular weight excluding hydrogens is 887 g/mol. The minimum absolute atomic E-state index is 0.0252. The van der Waals surface area contributed by atoms with Crippen LogP contribution in [0.15, 0.2) is 142 Å². The van der Waals surface area contributed by atoms with Crippen LogP contribution in [0, 0.1) is 0 Å². The van der Waals surface area contributed by atoms with Gasteiger partial charge in [-0.1, -0.05) is 96.2 Å². The maximum atomic E-state index is 14.4. The molecule has 2 aliphatic heterocycles. The number of primary amides is 1. The molecule has 1 saturated heterocycles. The van der Waals surface area contributed by atoms with E-state index in [4.69, 9.17) is 20.3 Å². The van der Waals surface area contributed by atoms with E-state index >= 15 is 0 Å². The fourth-order valence-electron chi connectivity index (χ4n) is 7.18. The van der Waals surface area contributed by atoms with Crippen LogP contribution in [0.1, 0.15) is 57.0 Å². The summed E-state index contributed by atoms with van der Waals surface area (Å²) in [5.74, 6) is -3.36. The molecule has 3 aromatic carbocycles. The number of thiazole rings is 1. The molecule has 18 heteroatoms. The van der Waals surface area contributed by atoms with Gasteiger partial charge in [-0.2, -0.15) is 4.57 Å². The first kappa shape index (κ1) is 46.5. The van der Waals surface area contributed by atoms with E-state index in [1.807, 2.05) is 91.0 Å². The molecule has 2 aliphatic rings. The number of pyridine rings is 1. The first-order chi connectivity index (χ1) is 31.0. The standard InChI is InChI=1S/C47H47N7O8S3/c1-45(2,3)61-43(60)46(4,5)62-52-36(34-28-65-44(49-34)51-47(30-15-9-6-10-16-30,31-17-11-7-12-18-31)32-19-13-8-14-20-32)39(56)50-37-40(57)54-38(42(58)59)29(27-64-41(37)54)26-63-33-21-23-53(24-22-33)25-35(48)55/h6-24,28,37,41H,25-27H2,1-5H3,(H4-,48,49,50,51,55,56,58,59)/p+1/b52-36-/t37-,41-/m1/s1. The third-order valence-electron chi connectivity index (χ3n) is 10.3. The fourth-order valence-corrected chi connectivity index (χ4v) is 10.3. The Morgan fingerprint density at radius 1 is 0.908 bits per heavy atom. The number of nitrogens with one attached hydrogen (secondary N) is 2. The lowest BCUT2D eigenvalue weighted by atomic mass is 9.77. The van der Waals surface area contributed by atoms with Crippen LogP contribution >= 0.6 is 34.9 Å². The van der Waals surface area contributed by atoms with Crippen molar-refractivity contribution in [2.75, 3.05) is 16.8 Å². The summed E-state index contributed by atoms with van der Waals surface area (Å²) in [5, 5.41) is 22.3. The Morgan fingerprint density at radius 2 is 1.48 bits per heavy atom. The number of hydrogen-bond donors (Lipinski definition) is 4. The second-order valence-electron chi connectivity index (χ2n) is 16.6. The highest BCUT2D eigenvalue weighted by Gasteiger charge is 2.54. The van der Waals surface area contributed by atoms with Crippen molar-refractivity contribution < 1.29 is 43.2 Å². The number of esters is 1. The number of nitrogens with zero attached hydrogens (tertiary/aromatic N) is 4. The minimum atomic E-state index is -1.65. The van der Waals surface area contributed by atoms with Gasteiger partial charge in [0, 0.05) is 33.9 Å². The number of anilines is 1. The lowest BCUT2D eigenvalue weighted by molar-refractivity contribution is -0.684. The summed E-state index contributed by atoms with van der Waals surface area (Å²) >= 11 is 3.93. The molecule has 5 aromatic rings. The van der Waals surface area contributed by atoms with Gasteiger partial charge in [0.2, 0.25) is 12.1 Å². The Labute approximate surface area is 388 Å². The highest BCUT2D eigenvalue weighted by molar-refractivity contribution is 8.01. The Bertz CT molecular complexity index is 2540. The average molecular weight is 935 g/mol. The van der Waals surface area contributed by atoms with E-state index < -0.39 is 57.8 Å². The smallest absolute Gasteiger partial charge is 0.353 e. The van der Waals surface area contributed by atoms with Crippen molar-refractivity contribution in [2.45, 2.75) is 74.2 Å². The van der Waals surface area contributed by atoms with Crippen molar-refractivity contribution in [3.8, 4) is 0 Å². The van der Waals surface area contributed by atoms with Crippen LogP contribution in [0.2, 0.25) is 0 Å². The normalized spacial score (nSPS) is 16.5. The molecule has 65 heavy (non-hydrogen) atoms. The zero-order valence-electron chi connectivity index (χ0n) is 36.2. The van der Waals surface area contributed by atoms with Crippen LogP contribution < -0.4 is 20.9 Å². The molecule has 7 rings (SSSR count). The number of amides is 3. The molecule has 2 aromatic heterocycles. The molecule has 336 valence electrons. The van der Waals surface area contributed by atoms with Gasteiger partial charge in [0.25, 0.3) is 17.7 Å². The number of thioether (sulfide) groups is 2. The number of fused-ring (bicyclic) bond motifs is 1. The topological polar surface area (TPSA) is 206 Å². The van der Waals surface area contributed by atoms with E-state index in [1.54, 1.807) is 55.2 Å². The second kappa shape index (κ2) is 19.3. The van der Waals surface area contributed by atoms with Crippen molar-refractivity contribution in [1.82, 2.24) is 15.2 Å². The monoisotopic (exact) mass is 934 g/mol. The lowest BCUT2D eigenvalue weighted by Gasteiger charge is -2.49. The SMILES string of the molecule is CC(C)(C)OC(=O)C(C)(C)O/N=C(\C(=O)N[C@@H]1C(=O)N2C(C(=O)O)=C(CSc3cc[n+](CC(N)=O)cc3)CS[C@H]12)c1csc(NC(c2ccccc2)(c2ccccc2)c2ccccc2)n1. The molecule has 4 heterocycles. The number of nitrogens with two attached hydrogens (primary N) is 1. The average Bonchev–Trinajstić information content (AvgIpc) is 3.74. The highest BCUT2D eigenvalue weighted by Crippen LogP contribution is 2.43. The number of rotatable bonds is 17. The number of aromatic nitrogens is 2. The molecule has 3 amide bonds. The molecule has 15 nitrogen and oxygen atoms in total. The Hall–Kier alpha value is -6.50. The summed E-state index contributed by atoms with van der Waals surface area (Å²) in [6.07, 6.45) is 3.41. The molecule has 1 fully saturated rings. The first-order valence-corrected chi connectivity index (χ1v) is 23.4. The lowest BCUT2D eigenvalue weighted by Crippen LogP contribution is -2.71. The molecule has 5 N–H and O–H groups in total. The van der Waals surface area contributed by atoms with Crippen LogP contribution in [0.4, 0.5) is 5.13 Å². The molecule has 0 saturated carbocycles. The summed E-state index contributed by atoms with van der Waals surface area (Å²) < 4.78 is 7.20. The number of carboxylic acids is 1. The number of aliphatic carboxylic acids is 1. The summed E-state index contributed by atoms with van der Waals surface area (Å²) in [4.78, 5) is 78.2. The van der Waals surface area contributed by atoms with Crippen LogP contribution in [-0.2, 0) is 45.6 Å². The summed E-state index contributed by atoms with van der Waals surface area (Å²) in [5.41, 5.74) is 4.79. The van der Waals surface area contributed by atoms with Crippen molar-refractivity contribution >= 4 is 75.4 Å². The van der Waals surface area contributed by atoms with Gasteiger partial charge in [0.15, 0.2) is 23.2 Å². The maximum Gasteiger partial charge on any atom is 0.353 e. The molecule has 0 spiro atoms. The second-order valence-corrected chi connectivity index (χ2v) is 19.6. The van der Waals surface area contributed by atoms with E-state index in [1.165, 1.54) is 53.6 Å². The van der Waals surface area contributed by atoms with E-state index in [2.05, 4.69) is 15.8 Å². The number of oxime groups is 1. The predicted molar refractivity (Wildman–Crippen MR) is 249 cm³/mol. The van der Waals surface area contributed by atoms with Crippen molar-refractivity contribution in [1.29, 1.82) is 0 Å². The third-order valence-corrected chi connectivity index (χ3v) is 13.5. The molecular formula is C47H48N7O8S3+. The number of carboxylic acid groups (broad SMARTS) is 1. The maximum absolute atomic E-state index is 14.4. The van der Waals surface area contributed by atoms with E-state index in [9.17, 15) is 29.1 Å². The summed E-state index contributed by atoms with van der Waals surface area (Å²) in [6.45, 7) is 8.10. The highest BCUT2D eigenvalue weighted by atomic mass is 32.2. The number of hydrogen-bond acceptors (Lipinski definition) is 13. The van der Waals surface area contributed by atoms with E-state index in [0.717, 1.165) is 21.6 Å². The largest absolute Gasteiger partial charge is 0.477 e. The van der Waals surface area contributed by atoms with Gasteiger partial charge in [-0.05, 0) is 56.9 Å². The van der Waals surface area contributed by atoms with Crippen molar-refractivity contribution in [3.63, 3.8) is 0 Å². The van der Waals surface area contributed by atoms with Crippen LogP contribution in [-0.4, -0.2) is 84.5 Å². The summed E-state index contributed by atoms with van der Waals surface area (Å²) in [7, 11) is 0. The first-order valence-electron chi connectivity index (χ1n) is 20.5. The Morgan fingerprint density at radius 3 is 2.00 bits per heavy atom. The zero-order chi connectivity index (χ0) is 46.5. The molecule has 0 bridgehead atoms. The van der Waals surface area contributed by atoms with E-state index in [-0.39, 0.29) is 35.2 Å². The van der Waals surface area contributed by atoms with Crippen LogP contribution in [0.3, 0.4) is 0 Å². The van der Waals surface area contributed by atoms with Gasteiger partial charge >= 0.3 is 11.9 Å². The van der Waals surface area contributed by atoms with Gasteiger partial charge in [-0.25, -0.2) is 14.6 Å². The quantitative estimate of drug-likeness (QED) is 0.0169. The van der Waals surface area contributed by atoms with Gasteiger partial charge in [-0.15, -0.1) is 34.9 Å². The zero-order valence-corrected chi connectivity index (χ0v) is 38.7. The fraction of sp³-hybridized carbons (Fsp3) is 0.277. The predicted octanol–water partition coefficient (Wildman–Crippen LogP) is 5.69. The summed E-state index contributed by atoms with van der Waals surface area (Å²) in [6, 6.07) is 32.2. The van der Waals surface area contributed by atoms with Crippen LogP contribution in [0.5, 0.6) is 0 Å². The molecule has 2 atom stereocenters. The van der Waals surface area contributed by atoms with Gasteiger partial charge in [-0.3, -0.25) is 19.3 Å². The number of β-lactam (4-membered cyclic amide) rings is 1. The van der Waals surface area contributed by atoms with E-state index in [0.29, 0.717) is 10.7 Å². The molecule has 0 aliphatic carbocycles. The number of benzene rings is 3. The number of carbonyl (C=O) groups excluding carboxylic acids is 4. The molecule has 0 unspecified atom stereocenters. The van der Waals surface area contributed by atoms with Gasteiger partial charge in [0.1, 0.15) is 33.9 Å². The Kier molecular flexibility index (Phi) is 13.8. The van der Waals surface area contributed by atoms with Crippen molar-refractivity contribution in [2.24, 2.45) is 10.9 Å². The van der Waals surface area contributed by atoms with Crippen molar-refractivity contribution in [3.05, 3.63) is 155 Å². The number of ether oxygens (including phenoxy) is 1. The van der Waals surface area contributed by atoms with Gasteiger partial charge in [0.05, 0.1) is 0 Å². The number of carbonyl (C=O) groups is 5. The minimum Gasteiger partial charge on any atom is -0.477 e. The Balaban J connectivity index is 1.18. The third kappa shape index (κ3) is 10.4. The molecule has 0 radical (unpaired) electrons. The van der Waals surface area contributed by atoms with Gasteiger partial charge < -0.3 is 31.0 Å².